The Hall–Kier alpha value is -1.68. The topological polar surface area (TPSA) is 50.2 Å². The molecule has 1 aromatic carbocycles. The lowest BCUT2D eigenvalue weighted by molar-refractivity contribution is -0.131. The van der Waals surface area contributed by atoms with Crippen LogP contribution in [0, 0.1) is 13.8 Å². The molecular weight excluding hydrogens is 222 g/mol. The summed E-state index contributed by atoms with van der Waals surface area (Å²) in [6, 6.07) is 4.08. The van der Waals surface area contributed by atoms with E-state index in [2.05, 4.69) is 11.1 Å². The summed E-state index contributed by atoms with van der Waals surface area (Å²) in [5.74, 6) is -0.952. The van der Waals surface area contributed by atoms with E-state index in [-0.39, 0.29) is 0 Å². The smallest absolute Gasteiger partial charge is 0.328 e. The number of hydrogen-bond acceptors (Lipinski definition) is 3. The van der Waals surface area contributed by atoms with Gasteiger partial charge in [0.05, 0.1) is 10.2 Å². The van der Waals surface area contributed by atoms with Gasteiger partial charge in [-0.3, -0.25) is 0 Å². The minimum atomic E-state index is -0.952. The third kappa shape index (κ3) is 1.97. The van der Waals surface area contributed by atoms with Gasteiger partial charge in [-0.15, -0.1) is 11.3 Å². The van der Waals surface area contributed by atoms with Crippen LogP contribution in [0.5, 0.6) is 0 Å². The first-order valence-corrected chi connectivity index (χ1v) is 5.67. The third-order valence-corrected chi connectivity index (χ3v) is 3.46. The fourth-order valence-corrected chi connectivity index (χ4v) is 2.39. The van der Waals surface area contributed by atoms with Crippen LogP contribution in [0.2, 0.25) is 0 Å². The molecule has 0 unspecified atom stereocenters. The fraction of sp³-hybridized carbons (Fsp3) is 0.167. The van der Waals surface area contributed by atoms with Crippen molar-refractivity contribution in [3.63, 3.8) is 0 Å². The minimum absolute atomic E-state index is 0.728. The van der Waals surface area contributed by atoms with Gasteiger partial charge in [0.2, 0.25) is 0 Å². The van der Waals surface area contributed by atoms with Crippen molar-refractivity contribution in [2.24, 2.45) is 0 Å². The predicted octanol–water partition coefficient (Wildman–Crippen LogP) is 3.01. The van der Waals surface area contributed by atoms with Crippen molar-refractivity contribution in [3.05, 3.63) is 34.3 Å². The summed E-state index contributed by atoms with van der Waals surface area (Å²) in [5, 5.41) is 9.27. The van der Waals surface area contributed by atoms with Crippen LogP contribution < -0.4 is 0 Å². The molecule has 4 heteroatoms. The van der Waals surface area contributed by atoms with Gasteiger partial charge < -0.3 is 5.11 Å². The van der Waals surface area contributed by atoms with Gasteiger partial charge in [-0.05, 0) is 37.1 Å². The van der Waals surface area contributed by atoms with E-state index in [4.69, 9.17) is 5.11 Å². The molecule has 0 aliphatic heterocycles. The van der Waals surface area contributed by atoms with Gasteiger partial charge >= 0.3 is 5.97 Å². The van der Waals surface area contributed by atoms with Crippen molar-refractivity contribution in [2.75, 3.05) is 0 Å². The zero-order chi connectivity index (χ0) is 11.7. The standard InChI is InChI=1S/C12H11NO2S/c1-7-3-4-9-12(8(7)2)13-10(16-9)5-6-11(14)15/h3-6H,1-2H3,(H,14,15)/b6-5+. The lowest BCUT2D eigenvalue weighted by atomic mass is 10.1. The first-order chi connectivity index (χ1) is 7.58. The molecule has 0 fully saturated rings. The second-order valence-corrected chi connectivity index (χ2v) is 4.64. The van der Waals surface area contributed by atoms with Crippen molar-refractivity contribution in [1.82, 2.24) is 4.98 Å². The summed E-state index contributed by atoms with van der Waals surface area (Å²) in [6.07, 6.45) is 2.64. The Bertz CT molecular complexity index is 584. The van der Waals surface area contributed by atoms with E-state index in [1.165, 1.54) is 23.0 Å². The number of nitrogens with zero attached hydrogens (tertiary/aromatic N) is 1. The maximum absolute atomic E-state index is 10.4. The average molecular weight is 233 g/mol. The van der Waals surface area contributed by atoms with Crippen molar-refractivity contribution in [1.29, 1.82) is 0 Å². The first kappa shape index (κ1) is 10.8. The van der Waals surface area contributed by atoms with Crippen LogP contribution >= 0.6 is 11.3 Å². The van der Waals surface area contributed by atoms with Crippen molar-refractivity contribution >= 4 is 33.6 Å². The highest BCUT2D eigenvalue weighted by atomic mass is 32.1. The number of aromatic nitrogens is 1. The molecule has 0 aliphatic rings. The van der Waals surface area contributed by atoms with Gasteiger partial charge in [0, 0.05) is 6.08 Å². The summed E-state index contributed by atoms with van der Waals surface area (Å²) < 4.78 is 1.09. The van der Waals surface area contributed by atoms with Crippen LogP contribution in [0.3, 0.4) is 0 Å². The fourth-order valence-electron chi connectivity index (χ4n) is 1.46. The SMILES string of the molecule is Cc1ccc2sc(/C=C/C(=O)O)nc2c1C. The molecule has 0 amide bonds. The maximum atomic E-state index is 10.4. The normalized spacial score (nSPS) is 11.4. The van der Waals surface area contributed by atoms with E-state index < -0.39 is 5.97 Å². The Kier molecular flexibility index (Phi) is 2.75. The largest absolute Gasteiger partial charge is 0.478 e. The summed E-state index contributed by atoms with van der Waals surface area (Å²) >= 11 is 1.50. The molecule has 0 aliphatic carbocycles. The van der Waals surface area contributed by atoms with Crippen LogP contribution in [-0.2, 0) is 4.79 Å². The van der Waals surface area contributed by atoms with Crippen LogP contribution in [0.25, 0.3) is 16.3 Å². The number of aryl methyl sites for hydroxylation is 2. The monoisotopic (exact) mass is 233 g/mol. The molecule has 0 saturated heterocycles. The summed E-state index contributed by atoms with van der Waals surface area (Å²) in [7, 11) is 0. The Balaban J connectivity index is 2.52. The van der Waals surface area contributed by atoms with E-state index in [1.807, 2.05) is 19.9 Å². The number of rotatable bonds is 2. The Morgan fingerprint density at radius 1 is 1.44 bits per heavy atom. The van der Waals surface area contributed by atoms with Gasteiger partial charge in [0.15, 0.2) is 0 Å². The molecule has 1 heterocycles. The zero-order valence-electron chi connectivity index (χ0n) is 9.02. The van der Waals surface area contributed by atoms with Crippen LogP contribution in [-0.4, -0.2) is 16.1 Å². The van der Waals surface area contributed by atoms with E-state index in [0.717, 1.165) is 26.9 Å². The lowest BCUT2D eigenvalue weighted by Crippen LogP contribution is -1.85. The number of hydrogen-bond donors (Lipinski definition) is 1. The molecule has 0 radical (unpaired) electrons. The second kappa shape index (κ2) is 4.06. The second-order valence-electron chi connectivity index (χ2n) is 3.58. The Morgan fingerprint density at radius 3 is 2.88 bits per heavy atom. The number of fused-ring (bicyclic) bond motifs is 1. The number of benzene rings is 1. The number of carboxylic acid groups (broad SMARTS) is 1. The van der Waals surface area contributed by atoms with Gasteiger partial charge in [-0.25, -0.2) is 9.78 Å². The van der Waals surface area contributed by atoms with E-state index in [1.54, 1.807) is 0 Å². The van der Waals surface area contributed by atoms with Crippen LogP contribution in [0.4, 0.5) is 0 Å². The zero-order valence-corrected chi connectivity index (χ0v) is 9.84. The molecule has 1 N–H and O–H groups in total. The van der Waals surface area contributed by atoms with E-state index in [0.29, 0.717) is 0 Å². The predicted molar refractivity (Wildman–Crippen MR) is 65.8 cm³/mol. The van der Waals surface area contributed by atoms with Crippen LogP contribution in [0.15, 0.2) is 18.2 Å². The molecule has 82 valence electrons. The number of thiazole rings is 1. The molecule has 2 rings (SSSR count). The van der Waals surface area contributed by atoms with Gasteiger partial charge in [-0.1, -0.05) is 6.07 Å². The highest BCUT2D eigenvalue weighted by Gasteiger charge is 2.05. The summed E-state index contributed by atoms with van der Waals surface area (Å²) in [6.45, 7) is 4.07. The molecule has 0 spiro atoms. The molecule has 0 atom stereocenters. The van der Waals surface area contributed by atoms with Gasteiger partial charge in [-0.2, -0.15) is 0 Å². The number of aliphatic carboxylic acids is 1. The summed E-state index contributed by atoms with van der Waals surface area (Å²) in [5.41, 5.74) is 3.32. The minimum Gasteiger partial charge on any atom is -0.478 e. The summed E-state index contributed by atoms with van der Waals surface area (Å²) in [4.78, 5) is 14.8. The lowest BCUT2D eigenvalue weighted by Gasteiger charge is -1.97. The highest BCUT2D eigenvalue weighted by molar-refractivity contribution is 7.19. The first-order valence-electron chi connectivity index (χ1n) is 4.85. The van der Waals surface area contributed by atoms with Crippen molar-refractivity contribution in [2.45, 2.75) is 13.8 Å². The third-order valence-electron chi connectivity index (χ3n) is 2.47. The van der Waals surface area contributed by atoms with Gasteiger partial charge in [0.1, 0.15) is 5.01 Å². The maximum Gasteiger partial charge on any atom is 0.328 e. The average Bonchev–Trinajstić information content (AvgIpc) is 2.64. The highest BCUT2D eigenvalue weighted by Crippen LogP contribution is 2.27. The molecule has 1 aromatic heterocycles. The van der Waals surface area contributed by atoms with Gasteiger partial charge in [0.25, 0.3) is 0 Å². The Labute approximate surface area is 97.1 Å². The molecular formula is C12H11NO2S. The van der Waals surface area contributed by atoms with Crippen molar-refractivity contribution < 1.29 is 9.90 Å². The molecule has 0 saturated carbocycles. The molecule has 0 bridgehead atoms. The Morgan fingerprint density at radius 2 is 2.19 bits per heavy atom. The number of carbonyl (C=O) groups is 1. The van der Waals surface area contributed by atoms with Crippen molar-refractivity contribution in [3.8, 4) is 0 Å². The molecule has 2 aromatic rings. The van der Waals surface area contributed by atoms with E-state index >= 15 is 0 Å². The molecule has 3 nitrogen and oxygen atoms in total. The molecule has 16 heavy (non-hydrogen) atoms. The quantitative estimate of drug-likeness (QED) is 0.811. The van der Waals surface area contributed by atoms with Crippen LogP contribution in [0.1, 0.15) is 16.1 Å². The van der Waals surface area contributed by atoms with E-state index in [9.17, 15) is 4.79 Å². The number of carboxylic acids is 1.